The molecule has 0 spiro atoms. The molecule has 0 saturated carbocycles. The Labute approximate surface area is 154 Å². The second-order valence-corrected chi connectivity index (χ2v) is 8.94. The van der Waals surface area contributed by atoms with Gasteiger partial charge in [0.2, 0.25) is 10.0 Å². The highest BCUT2D eigenvalue weighted by atomic mass is 32.2. The molecule has 1 aromatic rings. The van der Waals surface area contributed by atoms with Crippen molar-refractivity contribution in [2.24, 2.45) is 0 Å². The summed E-state index contributed by atoms with van der Waals surface area (Å²) in [5, 5.41) is 0. The number of rotatable bonds is 4. The van der Waals surface area contributed by atoms with Crippen molar-refractivity contribution in [2.45, 2.75) is 30.3 Å². The molecule has 0 amide bonds. The van der Waals surface area contributed by atoms with Crippen molar-refractivity contribution < 1.29 is 22.6 Å². The molecule has 0 bridgehead atoms. The molecule has 3 aliphatic rings. The number of sulfonamides is 1. The summed E-state index contributed by atoms with van der Waals surface area (Å²) >= 11 is 0. The molecule has 0 unspecified atom stereocenters. The molecule has 0 aliphatic carbocycles. The molecule has 0 radical (unpaired) electrons. The number of ether oxygens (including phenoxy) is 3. The highest BCUT2D eigenvalue weighted by Gasteiger charge is 2.30. The number of hydrogen-bond acceptors (Lipinski definition) is 6. The number of benzene rings is 1. The van der Waals surface area contributed by atoms with E-state index in [1.165, 1.54) is 6.42 Å². The van der Waals surface area contributed by atoms with E-state index in [4.69, 9.17) is 14.2 Å². The van der Waals surface area contributed by atoms with Crippen molar-refractivity contribution in [1.29, 1.82) is 0 Å². The van der Waals surface area contributed by atoms with E-state index in [2.05, 4.69) is 4.90 Å². The number of nitrogens with zero attached hydrogens (tertiary/aromatic N) is 2. The van der Waals surface area contributed by atoms with Gasteiger partial charge in [-0.1, -0.05) is 0 Å². The summed E-state index contributed by atoms with van der Waals surface area (Å²) in [4.78, 5) is 2.58. The van der Waals surface area contributed by atoms with Gasteiger partial charge in [-0.2, -0.15) is 4.31 Å². The summed E-state index contributed by atoms with van der Waals surface area (Å²) in [6.07, 6.45) is 3.78. The van der Waals surface area contributed by atoms with Crippen LogP contribution in [0.4, 0.5) is 0 Å². The van der Waals surface area contributed by atoms with E-state index in [1.54, 1.807) is 22.5 Å². The lowest BCUT2D eigenvalue weighted by atomic mass is 10.1. The maximum atomic E-state index is 13.0. The monoisotopic (exact) mass is 382 g/mol. The third-order valence-corrected chi connectivity index (χ3v) is 7.11. The van der Waals surface area contributed by atoms with E-state index in [1.807, 2.05) is 0 Å². The van der Waals surface area contributed by atoms with Crippen molar-refractivity contribution in [3.8, 4) is 11.5 Å². The fourth-order valence-corrected chi connectivity index (χ4v) is 5.16. The van der Waals surface area contributed by atoms with E-state index < -0.39 is 10.0 Å². The van der Waals surface area contributed by atoms with Gasteiger partial charge in [-0.05, 0) is 31.4 Å². The Morgan fingerprint density at radius 2 is 1.73 bits per heavy atom. The van der Waals surface area contributed by atoms with Gasteiger partial charge in [0.1, 0.15) is 13.2 Å². The second kappa shape index (κ2) is 7.72. The summed E-state index contributed by atoms with van der Waals surface area (Å²) in [5.41, 5.74) is 0. The summed E-state index contributed by atoms with van der Waals surface area (Å²) in [6, 6.07) is 4.86. The molecule has 3 aliphatic heterocycles. The highest BCUT2D eigenvalue weighted by molar-refractivity contribution is 7.89. The fraction of sp³-hybridized carbons (Fsp3) is 0.667. The Morgan fingerprint density at radius 1 is 0.962 bits per heavy atom. The summed E-state index contributed by atoms with van der Waals surface area (Å²) in [7, 11) is -3.51. The lowest BCUT2D eigenvalue weighted by molar-refractivity contribution is -0.0103. The maximum absolute atomic E-state index is 13.0. The topological polar surface area (TPSA) is 68.3 Å². The first-order valence-corrected chi connectivity index (χ1v) is 10.8. The Kier molecular flexibility index (Phi) is 5.35. The van der Waals surface area contributed by atoms with Gasteiger partial charge >= 0.3 is 0 Å². The standard InChI is InChI=1S/C18H26N2O5S/c21-26(22,16-4-5-17-18(13-16)25-12-11-24-17)20-8-6-19(7-9-20)14-15-3-1-2-10-23-15/h4-5,13,15H,1-3,6-12,14H2/t15-/m0/s1. The summed E-state index contributed by atoms with van der Waals surface area (Å²) in [5.74, 6) is 1.11. The molecule has 8 heteroatoms. The lowest BCUT2D eigenvalue weighted by Gasteiger charge is -2.36. The van der Waals surface area contributed by atoms with Crippen LogP contribution in [0.25, 0.3) is 0 Å². The van der Waals surface area contributed by atoms with Gasteiger partial charge < -0.3 is 14.2 Å². The van der Waals surface area contributed by atoms with Crippen LogP contribution < -0.4 is 9.47 Å². The van der Waals surface area contributed by atoms with Crippen LogP contribution in [0.3, 0.4) is 0 Å². The first kappa shape index (κ1) is 18.0. The molecule has 7 nitrogen and oxygen atoms in total. The molecular formula is C18H26N2O5S. The third-order valence-electron chi connectivity index (χ3n) is 5.22. The summed E-state index contributed by atoms with van der Waals surface area (Å²) in [6.45, 7) is 5.17. The minimum Gasteiger partial charge on any atom is -0.486 e. The lowest BCUT2D eigenvalue weighted by Crippen LogP contribution is -2.50. The summed E-state index contributed by atoms with van der Waals surface area (Å²) < 4.78 is 44.3. The van der Waals surface area contributed by atoms with Crippen LogP contribution in [0.2, 0.25) is 0 Å². The SMILES string of the molecule is O=S(=O)(c1ccc2c(c1)OCCO2)N1CCN(C[C@@H]2CCCCO2)CC1. The molecule has 2 saturated heterocycles. The second-order valence-electron chi connectivity index (χ2n) is 7.00. The van der Waals surface area contributed by atoms with Crippen molar-refractivity contribution >= 4 is 10.0 Å². The molecule has 144 valence electrons. The third kappa shape index (κ3) is 3.83. The van der Waals surface area contributed by atoms with Crippen LogP contribution in [0, 0.1) is 0 Å². The number of piperazine rings is 1. The van der Waals surface area contributed by atoms with Gasteiger partial charge in [-0.15, -0.1) is 0 Å². The molecular weight excluding hydrogens is 356 g/mol. The van der Waals surface area contributed by atoms with Crippen molar-refractivity contribution in [2.75, 3.05) is 52.5 Å². The van der Waals surface area contributed by atoms with Gasteiger partial charge in [0.25, 0.3) is 0 Å². The zero-order chi connectivity index (χ0) is 18.0. The highest BCUT2D eigenvalue weighted by Crippen LogP contribution is 2.33. The maximum Gasteiger partial charge on any atom is 0.243 e. The van der Waals surface area contributed by atoms with Gasteiger partial charge in [0.05, 0.1) is 11.0 Å². The zero-order valence-electron chi connectivity index (χ0n) is 14.9. The van der Waals surface area contributed by atoms with E-state index in [9.17, 15) is 8.42 Å². The molecule has 3 heterocycles. The first-order valence-electron chi connectivity index (χ1n) is 9.37. The van der Waals surface area contributed by atoms with E-state index in [-0.39, 0.29) is 4.90 Å². The smallest absolute Gasteiger partial charge is 0.243 e. The Balaban J connectivity index is 1.38. The fourth-order valence-electron chi connectivity index (χ4n) is 3.73. The van der Waals surface area contributed by atoms with Crippen LogP contribution in [-0.4, -0.2) is 76.3 Å². The largest absolute Gasteiger partial charge is 0.486 e. The van der Waals surface area contributed by atoms with Crippen LogP contribution in [0.1, 0.15) is 19.3 Å². The molecule has 1 atom stereocenters. The predicted molar refractivity (Wildman–Crippen MR) is 96.2 cm³/mol. The molecule has 0 aromatic heterocycles. The molecule has 0 N–H and O–H groups in total. The Hall–Kier alpha value is -1.35. The predicted octanol–water partition coefficient (Wildman–Crippen LogP) is 1.33. The number of fused-ring (bicyclic) bond motifs is 1. The molecule has 1 aromatic carbocycles. The van der Waals surface area contributed by atoms with Crippen LogP contribution >= 0.6 is 0 Å². The normalized spacial score (nSPS) is 25.2. The van der Waals surface area contributed by atoms with Crippen LogP contribution in [-0.2, 0) is 14.8 Å². The minimum absolute atomic E-state index is 0.269. The first-order chi connectivity index (χ1) is 12.6. The Bertz CT molecular complexity index is 725. The van der Waals surface area contributed by atoms with Crippen molar-refractivity contribution in [3.05, 3.63) is 18.2 Å². The van der Waals surface area contributed by atoms with Gasteiger partial charge in [0, 0.05) is 45.4 Å². The molecule has 2 fully saturated rings. The molecule has 4 rings (SSSR count). The Morgan fingerprint density at radius 3 is 2.46 bits per heavy atom. The van der Waals surface area contributed by atoms with E-state index >= 15 is 0 Å². The molecule has 26 heavy (non-hydrogen) atoms. The quantitative estimate of drug-likeness (QED) is 0.783. The average Bonchev–Trinajstić information content (AvgIpc) is 2.69. The van der Waals surface area contributed by atoms with Gasteiger partial charge in [0.15, 0.2) is 11.5 Å². The van der Waals surface area contributed by atoms with E-state index in [0.29, 0.717) is 43.9 Å². The van der Waals surface area contributed by atoms with Crippen molar-refractivity contribution in [3.63, 3.8) is 0 Å². The van der Waals surface area contributed by atoms with Crippen LogP contribution in [0.15, 0.2) is 23.1 Å². The van der Waals surface area contributed by atoms with Crippen molar-refractivity contribution in [1.82, 2.24) is 9.21 Å². The van der Waals surface area contributed by atoms with Gasteiger partial charge in [-0.25, -0.2) is 8.42 Å². The zero-order valence-corrected chi connectivity index (χ0v) is 15.7. The van der Waals surface area contributed by atoms with Gasteiger partial charge in [-0.3, -0.25) is 4.90 Å². The van der Waals surface area contributed by atoms with E-state index in [0.717, 1.165) is 39.1 Å². The minimum atomic E-state index is -3.51. The average molecular weight is 382 g/mol. The number of hydrogen-bond donors (Lipinski definition) is 0. The van der Waals surface area contributed by atoms with Crippen LogP contribution in [0.5, 0.6) is 11.5 Å².